The Balaban J connectivity index is 1.63. The molecule has 0 radical (unpaired) electrons. The van der Waals surface area contributed by atoms with Gasteiger partial charge in [-0.3, -0.25) is 20.4 Å². The van der Waals surface area contributed by atoms with Gasteiger partial charge in [0.1, 0.15) is 11.5 Å². The van der Waals surface area contributed by atoms with Crippen molar-refractivity contribution in [3.05, 3.63) is 88.8 Å². The molecule has 7 nitrogen and oxygen atoms in total. The van der Waals surface area contributed by atoms with Gasteiger partial charge in [0, 0.05) is 0 Å². The molecule has 2 aromatic carbocycles. The van der Waals surface area contributed by atoms with Crippen molar-refractivity contribution in [2.24, 2.45) is 0 Å². The van der Waals surface area contributed by atoms with Crippen molar-refractivity contribution in [3.8, 4) is 0 Å². The first-order valence-corrected chi connectivity index (χ1v) is 10.1. The fraction of sp³-hybridized carbons (Fsp3) is 0.0526. The highest BCUT2D eigenvalue weighted by atomic mass is 35.5. The van der Waals surface area contributed by atoms with Crippen molar-refractivity contribution in [2.75, 3.05) is 0 Å². The van der Waals surface area contributed by atoms with Crippen molar-refractivity contribution >= 4 is 33.3 Å². The third kappa shape index (κ3) is 4.59. The van der Waals surface area contributed by atoms with E-state index in [0.29, 0.717) is 0 Å². The Hall–Kier alpha value is -3.10. The first-order valence-electron chi connectivity index (χ1n) is 8.08. The Bertz CT molecular complexity index is 1110. The molecule has 0 spiro atoms. The van der Waals surface area contributed by atoms with Crippen LogP contribution in [0.5, 0.6) is 0 Å². The molecule has 0 fully saturated rings. The molecule has 0 bridgehead atoms. The number of nitrogens with one attached hydrogen (secondary N) is 2. The van der Waals surface area contributed by atoms with E-state index < -0.39 is 27.4 Å². The number of rotatable bonds is 5. The van der Waals surface area contributed by atoms with Gasteiger partial charge in [-0.1, -0.05) is 41.9 Å². The van der Waals surface area contributed by atoms with Gasteiger partial charge in [0.25, 0.3) is 5.91 Å². The van der Waals surface area contributed by atoms with Gasteiger partial charge in [-0.25, -0.2) is 8.42 Å². The lowest BCUT2D eigenvalue weighted by atomic mass is 10.2. The smallest absolute Gasteiger partial charge is 0.305 e. The molecule has 0 atom stereocenters. The lowest BCUT2D eigenvalue weighted by Gasteiger charge is -2.07. The highest BCUT2D eigenvalue weighted by Crippen LogP contribution is 2.18. The Kier molecular flexibility index (Phi) is 5.81. The van der Waals surface area contributed by atoms with E-state index in [0.717, 1.165) is 0 Å². The lowest BCUT2D eigenvalue weighted by Crippen LogP contribution is -2.41. The second-order valence-corrected chi connectivity index (χ2v) is 8.12. The fourth-order valence-electron chi connectivity index (χ4n) is 2.36. The molecule has 0 saturated carbocycles. The molecule has 0 aliphatic rings. The summed E-state index contributed by atoms with van der Waals surface area (Å²) in [6, 6.07) is 17.0. The normalized spacial score (nSPS) is 11.0. The number of hydrogen-bond acceptors (Lipinski definition) is 5. The van der Waals surface area contributed by atoms with E-state index in [1.54, 1.807) is 36.4 Å². The lowest BCUT2D eigenvalue weighted by molar-refractivity contribution is 0.0830. The molecule has 2 N–H and O–H groups in total. The summed E-state index contributed by atoms with van der Waals surface area (Å²) in [5, 5.41) is 0.237. The Morgan fingerprint density at radius 2 is 1.50 bits per heavy atom. The maximum Gasteiger partial charge on any atom is 0.305 e. The number of hydrazine groups is 1. The minimum Gasteiger partial charge on any atom is -0.455 e. The quantitative estimate of drug-likeness (QED) is 0.619. The van der Waals surface area contributed by atoms with Gasteiger partial charge in [-0.2, -0.15) is 0 Å². The molecule has 0 aliphatic carbocycles. The molecule has 0 aliphatic heterocycles. The molecule has 3 rings (SSSR count). The summed E-state index contributed by atoms with van der Waals surface area (Å²) in [6.45, 7) is 0. The number of benzene rings is 2. The van der Waals surface area contributed by atoms with E-state index in [-0.39, 0.29) is 27.0 Å². The summed E-state index contributed by atoms with van der Waals surface area (Å²) in [7, 11) is -3.60. The second kappa shape index (κ2) is 8.28. The molecule has 9 heteroatoms. The third-order valence-corrected chi connectivity index (χ3v) is 5.71. The maximum atomic E-state index is 12.4. The van der Waals surface area contributed by atoms with Crippen molar-refractivity contribution in [1.29, 1.82) is 0 Å². The van der Waals surface area contributed by atoms with E-state index in [1.165, 1.54) is 30.3 Å². The van der Waals surface area contributed by atoms with Crippen molar-refractivity contribution < 1.29 is 22.4 Å². The molecule has 0 unspecified atom stereocenters. The summed E-state index contributed by atoms with van der Waals surface area (Å²) in [4.78, 5) is 24.3. The van der Waals surface area contributed by atoms with Gasteiger partial charge < -0.3 is 4.42 Å². The minimum atomic E-state index is -3.60. The van der Waals surface area contributed by atoms with Crippen LogP contribution in [0.2, 0.25) is 5.02 Å². The summed E-state index contributed by atoms with van der Waals surface area (Å²) in [5.74, 6) is -1.76. The Morgan fingerprint density at radius 1 is 0.857 bits per heavy atom. The zero-order chi connectivity index (χ0) is 20.1. The summed E-state index contributed by atoms with van der Waals surface area (Å²) in [6.07, 6.45) is 0. The molecule has 3 aromatic rings. The van der Waals surface area contributed by atoms with Crippen molar-refractivity contribution in [1.82, 2.24) is 10.9 Å². The average molecular weight is 419 g/mol. The topological polar surface area (TPSA) is 105 Å². The van der Waals surface area contributed by atoms with Gasteiger partial charge in [0.2, 0.25) is 0 Å². The largest absolute Gasteiger partial charge is 0.455 e. The number of carbonyl (C=O) groups is 2. The van der Waals surface area contributed by atoms with Crippen molar-refractivity contribution in [2.45, 2.75) is 10.6 Å². The number of amides is 2. The number of carbonyl (C=O) groups excluding carboxylic acids is 2. The maximum absolute atomic E-state index is 12.4. The van der Waals surface area contributed by atoms with Gasteiger partial charge in [-0.15, -0.1) is 0 Å². The molecular weight excluding hydrogens is 404 g/mol. The van der Waals surface area contributed by atoms with Gasteiger partial charge in [-0.05, 0) is 36.4 Å². The summed E-state index contributed by atoms with van der Waals surface area (Å²) >= 11 is 5.92. The number of hydrogen-bond donors (Lipinski definition) is 2. The monoisotopic (exact) mass is 418 g/mol. The molecule has 1 aromatic heterocycles. The third-order valence-electron chi connectivity index (χ3n) is 3.73. The first kappa shape index (κ1) is 19.7. The number of furan rings is 1. The summed E-state index contributed by atoms with van der Waals surface area (Å²) < 4.78 is 30.0. The average Bonchev–Trinajstić information content (AvgIpc) is 3.15. The van der Waals surface area contributed by atoms with E-state index in [4.69, 9.17) is 16.0 Å². The number of halogens is 1. The first-order chi connectivity index (χ1) is 13.4. The highest BCUT2D eigenvalue weighted by molar-refractivity contribution is 7.90. The molecule has 28 heavy (non-hydrogen) atoms. The summed E-state index contributed by atoms with van der Waals surface area (Å²) in [5.41, 5.74) is 4.61. The Labute approximate surface area is 166 Å². The van der Waals surface area contributed by atoms with Crippen LogP contribution < -0.4 is 10.9 Å². The number of sulfone groups is 1. The zero-order valence-corrected chi connectivity index (χ0v) is 16.0. The standard InChI is InChI=1S/C19H15ClN2O5S/c20-16-9-5-4-8-15(16)18(23)21-22-19(24)17-11-10-13(27-17)12-28(25,26)14-6-2-1-3-7-14/h1-11H,12H2,(H,21,23)(H,22,24). The predicted molar refractivity (Wildman–Crippen MR) is 102 cm³/mol. The van der Waals surface area contributed by atoms with E-state index >= 15 is 0 Å². The van der Waals surface area contributed by atoms with Crippen LogP contribution in [0.15, 0.2) is 76.0 Å². The van der Waals surface area contributed by atoms with Crippen LogP contribution in [0.25, 0.3) is 0 Å². The van der Waals surface area contributed by atoms with Crippen LogP contribution in [0, 0.1) is 0 Å². The van der Waals surface area contributed by atoms with E-state index in [1.807, 2.05) is 0 Å². The predicted octanol–water partition coefficient (Wildman–Crippen LogP) is 2.98. The molecule has 0 saturated heterocycles. The van der Waals surface area contributed by atoms with E-state index in [9.17, 15) is 18.0 Å². The zero-order valence-electron chi connectivity index (χ0n) is 14.4. The van der Waals surface area contributed by atoms with Gasteiger partial charge >= 0.3 is 5.91 Å². The van der Waals surface area contributed by atoms with Crippen LogP contribution in [0.4, 0.5) is 0 Å². The fourth-order valence-corrected chi connectivity index (χ4v) is 3.85. The Morgan fingerprint density at radius 3 is 2.21 bits per heavy atom. The van der Waals surface area contributed by atoms with Crippen molar-refractivity contribution in [3.63, 3.8) is 0 Å². The van der Waals surface area contributed by atoms with Crippen LogP contribution in [0.3, 0.4) is 0 Å². The van der Waals surface area contributed by atoms with Gasteiger partial charge in [0.05, 0.1) is 15.5 Å². The molecule has 2 amide bonds. The van der Waals surface area contributed by atoms with Crippen LogP contribution >= 0.6 is 11.6 Å². The molecular formula is C19H15ClN2O5S. The van der Waals surface area contributed by atoms with Crippen LogP contribution in [0.1, 0.15) is 26.7 Å². The highest BCUT2D eigenvalue weighted by Gasteiger charge is 2.19. The minimum absolute atomic E-state index is 0.103. The van der Waals surface area contributed by atoms with Crippen LogP contribution in [-0.4, -0.2) is 20.2 Å². The van der Waals surface area contributed by atoms with E-state index in [2.05, 4.69) is 10.9 Å². The van der Waals surface area contributed by atoms with Gasteiger partial charge in [0.15, 0.2) is 15.6 Å². The SMILES string of the molecule is O=C(NNC(=O)c1ccccc1Cl)c1ccc(CS(=O)(=O)c2ccccc2)o1. The second-order valence-electron chi connectivity index (χ2n) is 5.73. The molecule has 144 valence electrons. The van der Waals surface area contributed by atoms with Crippen LogP contribution in [-0.2, 0) is 15.6 Å². The molecule has 1 heterocycles.